The molecule has 0 atom stereocenters. The molecule has 6 nitrogen and oxygen atoms in total. The SMILES string of the molecule is COc1cc2s/c(=N\S(=O)(=O)c3cccs3)n(C)c2cc1OC. The summed E-state index contributed by atoms with van der Waals surface area (Å²) in [5.74, 6) is 1.18. The summed E-state index contributed by atoms with van der Waals surface area (Å²) in [5, 5.41) is 1.71. The second-order valence-corrected chi connectivity index (χ2v) is 8.40. The lowest BCUT2D eigenvalue weighted by Crippen LogP contribution is -2.13. The van der Waals surface area contributed by atoms with Gasteiger partial charge in [0.15, 0.2) is 11.5 Å². The molecule has 0 amide bonds. The Morgan fingerprint density at radius 3 is 2.48 bits per heavy atom. The van der Waals surface area contributed by atoms with Gasteiger partial charge in [-0.1, -0.05) is 17.4 Å². The van der Waals surface area contributed by atoms with Crippen LogP contribution >= 0.6 is 22.7 Å². The summed E-state index contributed by atoms with van der Waals surface area (Å²) in [7, 11) is 1.19. The number of benzene rings is 1. The number of thiazole rings is 1. The standard InChI is InChI=1S/C14H14N2O4S3/c1-16-9-7-10(19-2)11(20-3)8-12(9)22-14(16)15-23(17,18)13-5-4-6-21-13/h4-8H,1-3H3/b15-14-. The average Bonchev–Trinajstić information content (AvgIpc) is 3.16. The van der Waals surface area contributed by atoms with Gasteiger partial charge >= 0.3 is 0 Å². The summed E-state index contributed by atoms with van der Waals surface area (Å²) in [6, 6.07) is 6.85. The van der Waals surface area contributed by atoms with E-state index in [1.54, 1.807) is 49.4 Å². The van der Waals surface area contributed by atoms with Crippen LogP contribution in [0.4, 0.5) is 0 Å². The van der Waals surface area contributed by atoms with Gasteiger partial charge in [0, 0.05) is 19.2 Å². The number of sulfonamides is 1. The predicted octanol–water partition coefficient (Wildman–Crippen LogP) is 2.61. The van der Waals surface area contributed by atoms with Gasteiger partial charge in [-0.05, 0) is 11.4 Å². The Morgan fingerprint density at radius 1 is 1.17 bits per heavy atom. The molecule has 0 N–H and O–H groups in total. The molecule has 0 saturated carbocycles. The van der Waals surface area contributed by atoms with Crippen LogP contribution in [0.3, 0.4) is 0 Å². The lowest BCUT2D eigenvalue weighted by Gasteiger charge is -2.07. The topological polar surface area (TPSA) is 69.9 Å². The van der Waals surface area contributed by atoms with Crippen molar-refractivity contribution in [3.8, 4) is 11.5 Å². The number of nitrogens with zero attached hydrogens (tertiary/aromatic N) is 2. The second kappa shape index (κ2) is 5.99. The zero-order chi connectivity index (χ0) is 16.6. The van der Waals surface area contributed by atoms with E-state index in [-0.39, 0.29) is 4.21 Å². The molecule has 23 heavy (non-hydrogen) atoms. The highest BCUT2D eigenvalue weighted by Gasteiger charge is 2.16. The van der Waals surface area contributed by atoms with Gasteiger partial charge in [-0.2, -0.15) is 8.42 Å². The molecule has 0 aliphatic carbocycles. The third-order valence-electron chi connectivity index (χ3n) is 3.26. The molecule has 0 fully saturated rings. The number of aryl methyl sites for hydroxylation is 1. The number of ether oxygens (including phenoxy) is 2. The van der Waals surface area contributed by atoms with Gasteiger partial charge in [0.25, 0.3) is 10.0 Å². The van der Waals surface area contributed by atoms with Crippen LogP contribution in [-0.2, 0) is 17.1 Å². The monoisotopic (exact) mass is 370 g/mol. The van der Waals surface area contributed by atoms with Crippen LogP contribution in [0.15, 0.2) is 38.3 Å². The van der Waals surface area contributed by atoms with E-state index >= 15 is 0 Å². The minimum atomic E-state index is -3.70. The molecule has 0 aliphatic rings. The maximum Gasteiger partial charge on any atom is 0.294 e. The summed E-state index contributed by atoms with van der Waals surface area (Å²) in [6.07, 6.45) is 0. The summed E-state index contributed by atoms with van der Waals surface area (Å²) in [4.78, 5) is 0.392. The molecule has 0 aliphatic heterocycles. The van der Waals surface area contributed by atoms with E-state index < -0.39 is 10.0 Å². The zero-order valence-corrected chi connectivity index (χ0v) is 15.1. The van der Waals surface area contributed by atoms with Gasteiger partial charge in [0.2, 0.25) is 4.80 Å². The molecule has 2 aromatic heterocycles. The Labute approximate surface area is 141 Å². The molecule has 122 valence electrons. The van der Waals surface area contributed by atoms with Gasteiger partial charge in [0.1, 0.15) is 4.21 Å². The molecule has 3 aromatic rings. The molecule has 0 radical (unpaired) electrons. The first-order valence-corrected chi connectivity index (χ1v) is 9.66. The Bertz CT molecular complexity index is 1010. The number of thiophene rings is 1. The maximum atomic E-state index is 12.3. The first-order chi connectivity index (χ1) is 11.0. The summed E-state index contributed by atoms with van der Waals surface area (Å²) >= 11 is 2.43. The summed E-state index contributed by atoms with van der Waals surface area (Å²) in [5.41, 5.74) is 0.827. The average molecular weight is 370 g/mol. The first-order valence-electron chi connectivity index (χ1n) is 6.52. The molecule has 3 rings (SSSR count). The van der Waals surface area contributed by atoms with E-state index in [4.69, 9.17) is 9.47 Å². The number of methoxy groups -OCH3 is 2. The van der Waals surface area contributed by atoms with Crippen molar-refractivity contribution in [3.63, 3.8) is 0 Å². The number of rotatable bonds is 4. The molecule has 0 spiro atoms. The molecule has 0 bridgehead atoms. The van der Waals surface area contributed by atoms with E-state index in [1.807, 2.05) is 6.07 Å². The van der Waals surface area contributed by atoms with Gasteiger partial charge in [-0.25, -0.2) is 0 Å². The van der Waals surface area contributed by atoms with Gasteiger partial charge in [0.05, 0.1) is 24.4 Å². The van der Waals surface area contributed by atoms with Crippen molar-refractivity contribution in [2.45, 2.75) is 4.21 Å². The highest BCUT2D eigenvalue weighted by molar-refractivity contribution is 7.92. The van der Waals surface area contributed by atoms with Crippen molar-refractivity contribution in [1.29, 1.82) is 0 Å². The van der Waals surface area contributed by atoms with Crippen molar-refractivity contribution < 1.29 is 17.9 Å². The highest BCUT2D eigenvalue weighted by Crippen LogP contribution is 2.33. The molecule has 0 saturated heterocycles. The Morgan fingerprint density at radius 2 is 1.87 bits per heavy atom. The number of hydrogen-bond acceptors (Lipinski definition) is 6. The minimum Gasteiger partial charge on any atom is -0.493 e. The van der Waals surface area contributed by atoms with Crippen LogP contribution in [0.5, 0.6) is 11.5 Å². The summed E-state index contributed by atoms with van der Waals surface area (Å²) < 4.78 is 42.0. The second-order valence-electron chi connectivity index (χ2n) is 4.62. The van der Waals surface area contributed by atoms with Crippen molar-refractivity contribution in [2.24, 2.45) is 11.4 Å². The molecule has 9 heteroatoms. The molecular weight excluding hydrogens is 356 g/mol. The van der Waals surface area contributed by atoms with Gasteiger partial charge in [-0.15, -0.1) is 15.7 Å². The third kappa shape index (κ3) is 2.87. The predicted molar refractivity (Wildman–Crippen MR) is 91.0 cm³/mol. The van der Waals surface area contributed by atoms with Crippen molar-refractivity contribution in [3.05, 3.63) is 34.4 Å². The van der Waals surface area contributed by atoms with E-state index in [1.165, 1.54) is 11.3 Å². The molecule has 1 aromatic carbocycles. The molecular formula is C14H14N2O4S3. The fraction of sp³-hybridized carbons (Fsp3) is 0.214. The van der Waals surface area contributed by atoms with Gasteiger partial charge < -0.3 is 14.0 Å². The highest BCUT2D eigenvalue weighted by atomic mass is 32.2. The summed E-state index contributed by atoms with van der Waals surface area (Å²) in [6.45, 7) is 0. The van der Waals surface area contributed by atoms with Crippen LogP contribution < -0.4 is 14.3 Å². The van der Waals surface area contributed by atoms with E-state index in [9.17, 15) is 8.42 Å². The van der Waals surface area contributed by atoms with Crippen LogP contribution in [0, 0.1) is 0 Å². The van der Waals surface area contributed by atoms with Crippen LogP contribution in [-0.4, -0.2) is 27.2 Å². The normalized spacial score (nSPS) is 12.7. The maximum absolute atomic E-state index is 12.3. The van der Waals surface area contributed by atoms with Crippen LogP contribution in [0.25, 0.3) is 10.2 Å². The van der Waals surface area contributed by atoms with Gasteiger partial charge in [-0.3, -0.25) is 0 Å². The van der Waals surface area contributed by atoms with E-state index in [0.29, 0.717) is 16.3 Å². The fourth-order valence-electron chi connectivity index (χ4n) is 2.10. The first kappa shape index (κ1) is 16.0. The smallest absolute Gasteiger partial charge is 0.294 e. The Kier molecular flexibility index (Phi) is 4.17. The van der Waals surface area contributed by atoms with Crippen LogP contribution in [0.2, 0.25) is 0 Å². The lowest BCUT2D eigenvalue weighted by molar-refractivity contribution is 0.356. The van der Waals surface area contributed by atoms with E-state index in [0.717, 1.165) is 21.6 Å². The van der Waals surface area contributed by atoms with Crippen molar-refractivity contribution in [2.75, 3.05) is 14.2 Å². The van der Waals surface area contributed by atoms with Crippen LogP contribution in [0.1, 0.15) is 0 Å². The number of fused-ring (bicyclic) bond motifs is 1. The number of hydrogen-bond donors (Lipinski definition) is 0. The molecule has 2 heterocycles. The molecule has 0 unspecified atom stereocenters. The van der Waals surface area contributed by atoms with Crippen molar-refractivity contribution in [1.82, 2.24) is 4.57 Å². The van der Waals surface area contributed by atoms with E-state index in [2.05, 4.69) is 4.40 Å². The Hall–Kier alpha value is -1.84. The Balaban J connectivity index is 2.24. The van der Waals surface area contributed by atoms with Crippen molar-refractivity contribution >= 4 is 42.9 Å². The fourth-order valence-corrected chi connectivity index (χ4v) is 5.32. The third-order valence-corrected chi connectivity index (χ3v) is 7.11. The zero-order valence-electron chi connectivity index (χ0n) is 12.6. The quantitative estimate of drug-likeness (QED) is 0.708. The largest absolute Gasteiger partial charge is 0.493 e. The minimum absolute atomic E-state index is 0.227. The number of aromatic nitrogens is 1. The lowest BCUT2D eigenvalue weighted by atomic mass is 10.3.